The first kappa shape index (κ1) is 18.0. The molecule has 0 aromatic heterocycles. The van der Waals surface area contributed by atoms with Crippen LogP contribution in [-0.4, -0.2) is 46.9 Å². The smallest absolute Gasteiger partial charge is 0.330 e. The number of β-lactam (4-membered cyclic amide) rings is 1. The summed E-state index contributed by atoms with van der Waals surface area (Å²) in [6, 6.07) is 4.72. The molecule has 2 saturated heterocycles. The van der Waals surface area contributed by atoms with Crippen LogP contribution in [0.1, 0.15) is 19.4 Å². The van der Waals surface area contributed by atoms with E-state index >= 15 is 0 Å². The molecule has 1 amide bonds. The van der Waals surface area contributed by atoms with Crippen LogP contribution in [0.5, 0.6) is 0 Å². The van der Waals surface area contributed by atoms with Gasteiger partial charge in [-0.2, -0.15) is 0 Å². The lowest BCUT2D eigenvalue weighted by atomic mass is 9.98. The van der Waals surface area contributed by atoms with Gasteiger partial charge in [-0.05, 0) is 31.5 Å². The van der Waals surface area contributed by atoms with Gasteiger partial charge < -0.3 is 9.64 Å². The summed E-state index contributed by atoms with van der Waals surface area (Å²) in [5.41, 5.74) is 0.528. The third-order valence-electron chi connectivity index (χ3n) is 4.44. The summed E-state index contributed by atoms with van der Waals surface area (Å²) in [5.74, 6) is -0.909. The Morgan fingerprint density at radius 3 is 2.56 bits per heavy atom. The van der Waals surface area contributed by atoms with E-state index in [1.807, 2.05) is 0 Å². The molecular weight excluding hydrogens is 416 g/mol. The minimum absolute atomic E-state index is 0.0558. The normalized spacial score (nSPS) is 29.7. The van der Waals surface area contributed by atoms with Gasteiger partial charge >= 0.3 is 5.97 Å². The van der Waals surface area contributed by atoms with Crippen LogP contribution in [0.2, 0.25) is 0 Å². The average Bonchev–Trinajstić information content (AvgIpc) is 2.77. The first-order valence-electron chi connectivity index (χ1n) is 7.43. The van der Waals surface area contributed by atoms with Crippen molar-refractivity contribution in [3.05, 3.63) is 39.9 Å². The number of ether oxygens (including phenoxy) is 1. The summed E-state index contributed by atoms with van der Waals surface area (Å²) in [7, 11) is -1.40. The van der Waals surface area contributed by atoms with Crippen LogP contribution in [0.25, 0.3) is 0 Å². The van der Waals surface area contributed by atoms with Crippen molar-refractivity contribution in [1.29, 1.82) is 0 Å². The van der Waals surface area contributed by atoms with Crippen molar-refractivity contribution in [2.45, 2.75) is 41.4 Å². The van der Waals surface area contributed by atoms with Crippen molar-refractivity contribution in [3.63, 3.8) is 0 Å². The Morgan fingerprint density at radius 1 is 1.40 bits per heavy atom. The number of rotatable bonds is 4. The van der Waals surface area contributed by atoms with Crippen molar-refractivity contribution in [1.82, 2.24) is 4.90 Å². The Labute approximate surface area is 154 Å². The lowest BCUT2D eigenvalue weighted by Crippen LogP contribution is -2.64. The molecule has 0 saturated carbocycles. The number of carbonyl (C=O) groups excluding carboxylic acids is 2. The minimum atomic E-state index is -1.40. The van der Waals surface area contributed by atoms with Gasteiger partial charge in [0.1, 0.15) is 22.8 Å². The van der Waals surface area contributed by atoms with Crippen LogP contribution >= 0.6 is 15.9 Å². The van der Waals surface area contributed by atoms with Gasteiger partial charge in [-0.15, -0.1) is 0 Å². The number of non-ortho nitro benzene ring substituents is 1. The van der Waals surface area contributed by atoms with Crippen LogP contribution in [0.3, 0.4) is 0 Å². The molecule has 0 aliphatic carbocycles. The second kappa shape index (κ2) is 6.17. The molecule has 2 fully saturated rings. The molecule has 8 nitrogen and oxygen atoms in total. The molecule has 134 valence electrons. The minimum Gasteiger partial charge on any atom is -0.459 e. The highest BCUT2D eigenvalue weighted by Gasteiger charge is 2.67. The van der Waals surface area contributed by atoms with Gasteiger partial charge in [0, 0.05) is 12.1 Å². The number of nitro benzene ring substituents is 1. The summed E-state index contributed by atoms with van der Waals surface area (Å²) < 4.78 is 16.9. The predicted molar refractivity (Wildman–Crippen MR) is 92.3 cm³/mol. The van der Waals surface area contributed by atoms with Crippen molar-refractivity contribution < 1.29 is 23.5 Å². The SMILES string of the molecule is CC1(C)C(C(=O)OCc2ccc([N+](=O)[O-])cc2)N2C(=O)C(Br)[C@@H]2S1=O. The summed E-state index contributed by atoms with van der Waals surface area (Å²) in [5, 5.41) is 10.1. The average molecular weight is 431 g/mol. The number of benzene rings is 1. The number of carbonyl (C=O) groups is 2. The Morgan fingerprint density at radius 2 is 2.00 bits per heavy atom. The van der Waals surface area contributed by atoms with E-state index < -0.39 is 42.7 Å². The Bertz CT molecular complexity index is 781. The zero-order chi connectivity index (χ0) is 18.5. The van der Waals surface area contributed by atoms with E-state index in [2.05, 4.69) is 15.9 Å². The molecule has 2 heterocycles. The van der Waals surface area contributed by atoms with E-state index in [4.69, 9.17) is 4.74 Å². The molecule has 3 unspecified atom stereocenters. The fourth-order valence-corrected chi connectivity index (χ4v) is 5.93. The van der Waals surface area contributed by atoms with Gasteiger partial charge in [-0.25, -0.2) is 4.79 Å². The van der Waals surface area contributed by atoms with Gasteiger partial charge in [0.25, 0.3) is 5.69 Å². The summed E-state index contributed by atoms with van der Waals surface area (Å²) in [6.45, 7) is 3.26. The van der Waals surface area contributed by atoms with Gasteiger partial charge in [0.15, 0.2) is 0 Å². The van der Waals surface area contributed by atoms with Gasteiger partial charge in [-0.1, -0.05) is 15.9 Å². The fourth-order valence-electron chi connectivity index (χ4n) is 3.04. The third-order valence-corrected chi connectivity index (χ3v) is 7.88. The number of esters is 1. The van der Waals surface area contributed by atoms with Crippen LogP contribution in [0.4, 0.5) is 5.69 Å². The van der Waals surface area contributed by atoms with E-state index in [0.717, 1.165) is 0 Å². The number of amides is 1. The molecule has 1 aromatic rings. The maximum Gasteiger partial charge on any atom is 0.330 e. The van der Waals surface area contributed by atoms with Crippen LogP contribution < -0.4 is 0 Å². The Kier molecular flexibility index (Phi) is 4.44. The van der Waals surface area contributed by atoms with E-state index in [1.165, 1.54) is 29.2 Å². The highest BCUT2D eigenvalue weighted by atomic mass is 79.9. The highest BCUT2D eigenvalue weighted by Crippen LogP contribution is 2.46. The monoisotopic (exact) mass is 430 g/mol. The van der Waals surface area contributed by atoms with Crippen molar-refractivity contribution in [3.8, 4) is 0 Å². The van der Waals surface area contributed by atoms with Crippen LogP contribution in [-0.2, 0) is 31.7 Å². The van der Waals surface area contributed by atoms with Gasteiger partial charge in [-0.3, -0.25) is 19.1 Å². The molecule has 0 radical (unpaired) electrons. The second-order valence-corrected chi connectivity index (χ2v) is 9.49. The van der Waals surface area contributed by atoms with Crippen LogP contribution in [0.15, 0.2) is 24.3 Å². The summed E-state index contributed by atoms with van der Waals surface area (Å²) >= 11 is 3.20. The first-order chi connectivity index (χ1) is 11.7. The largest absolute Gasteiger partial charge is 0.459 e. The van der Waals surface area contributed by atoms with Gasteiger partial charge in [0.2, 0.25) is 5.91 Å². The molecule has 2 aliphatic heterocycles. The van der Waals surface area contributed by atoms with Gasteiger partial charge in [0.05, 0.1) is 20.5 Å². The quantitative estimate of drug-likeness (QED) is 0.235. The number of alkyl halides is 1. The molecule has 0 spiro atoms. The number of fused-ring (bicyclic) bond motifs is 1. The number of hydrogen-bond acceptors (Lipinski definition) is 6. The highest BCUT2D eigenvalue weighted by molar-refractivity contribution is 9.10. The zero-order valence-corrected chi connectivity index (χ0v) is 15.8. The summed E-state index contributed by atoms with van der Waals surface area (Å²) in [4.78, 5) is 35.5. The van der Waals surface area contributed by atoms with Crippen molar-refractivity contribution >= 4 is 44.3 Å². The lowest BCUT2D eigenvalue weighted by molar-refractivity contribution is -0.384. The molecule has 25 heavy (non-hydrogen) atoms. The van der Waals surface area contributed by atoms with Crippen molar-refractivity contribution in [2.24, 2.45) is 0 Å². The third kappa shape index (κ3) is 2.77. The van der Waals surface area contributed by atoms with Crippen molar-refractivity contribution in [2.75, 3.05) is 0 Å². The Hall–Kier alpha value is -1.81. The van der Waals surface area contributed by atoms with E-state index in [-0.39, 0.29) is 18.2 Å². The maximum atomic E-state index is 12.6. The number of hydrogen-bond donors (Lipinski definition) is 0. The standard InChI is InChI=1S/C15H15BrN2O6S/c1-15(2)11(17-12(19)10(16)13(17)25(15)23)14(20)24-7-8-3-5-9(6-4-8)18(21)22/h3-6,10-11,13H,7H2,1-2H3/t10?,11?,13-,25?/m0/s1. The number of halogens is 1. The van der Waals surface area contributed by atoms with Crippen LogP contribution in [0, 0.1) is 10.1 Å². The first-order valence-corrected chi connectivity index (χ1v) is 9.56. The molecule has 0 N–H and O–H groups in total. The molecule has 2 aliphatic rings. The molecule has 4 atom stereocenters. The Balaban J connectivity index is 1.71. The topological polar surface area (TPSA) is 107 Å². The molecule has 10 heteroatoms. The number of nitrogens with zero attached hydrogens (tertiary/aromatic N) is 2. The molecule has 1 aromatic carbocycles. The fraction of sp³-hybridized carbons (Fsp3) is 0.467. The predicted octanol–water partition coefficient (Wildman–Crippen LogP) is 1.48. The van der Waals surface area contributed by atoms with E-state index in [0.29, 0.717) is 5.56 Å². The van der Waals surface area contributed by atoms with E-state index in [1.54, 1.807) is 13.8 Å². The second-order valence-electron chi connectivity index (χ2n) is 6.37. The molecular formula is C15H15BrN2O6S. The molecule has 3 rings (SSSR count). The lowest BCUT2D eigenvalue weighted by Gasteiger charge is -2.40. The zero-order valence-electron chi connectivity index (χ0n) is 13.4. The summed E-state index contributed by atoms with van der Waals surface area (Å²) in [6.07, 6.45) is 0. The van der Waals surface area contributed by atoms with E-state index in [9.17, 15) is 23.9 Å². The molecule has 0 bridgehead atoms. The maximum absolute atomic E-state index is 12.6. The number of nitro groups is 1.